The second kappa shape index (κ2) is 9.25. The lowest BCUT2D eigenvalue weighted by Crippen LogP contribution is -2.66. The standard InChI is InChI=1S/C22H24N4O5/c27-13-12-25-11-10-23-14-18(25)19-20(28)24-22(30)26(21(19)29)15-6-8-17(9-7-15)31-16-4-2-1-3-5-16/h1-9,18-19,23,27H,10-14H2,(H,24,28,30). The van der Waals surface area contributed by atoms with Crippen LogP contribution in [-0.4, -0.2) is 66.7 Å². The lowest BCUT2D eigenvalue weighted by atomic mass is 9.92. The van der Waals surface area contributed by atoms with E-state index in [2.05, 4.69) is 10.6 Å². The minimum Gasteiger partial charge on any atom is -0.457 e. The van der Waals surface area contributed by atoms with E-state index in [1.807, 2.05) is 35.2 Å². The molecule has 2 aliphatic rings. The van der Waals surface area contributed by atoms with Gasteiger partial charge in [-0.1, -0.05) is 18.2 Å². The number of aliphatic hydroxyl groups is 1. The second-order valence-corrected chi connectivity index (χ2v) is 7.39. The van der Waals surface area contributed by atoms with Crippen LogP contribution in [0.5, 0.6) is 11.5 Å². The second-order valence-electron chi connectivity index (χ2n) is 7.39. The zero-order valence-electron chi connectivity index (χ0n) is 16.9. The summed E-state index contributed by atoms with van der Waals surface area (Å²) < 4.78 is 5.75. The molecule has 31 heavy (non-hydrogen) atoms. The van der Waals surface area contributed by atoms with Gasteiger partial charge in [-0.2, -0.15) is 0 Å². The van der Waals surface area contributed by atoms with Gasteiger partial charge < -0.3 is 15.2 Å². The Morgan fingerprint density at radius 1 is 1.00 bits per heavy atom. The highest BCUT2D eigenvalue weighted by atomic mass is 16.5. The first-order valence-electron chi connectivity index (χ1n) is 10.2. The lowest BCUT2D eigenvalue weighted by Gasteiger charge is -2.41. The molecule has 0 spiro atoms. The number of benzene rings is 2. The molecule has 2 heterocycles. The Hall–Kier alpha value is -3.27. The summed E-state index contributed by atoms with van der Waals surface area (Å²) >= 11 is 0. The van der Waals surface area contributed by atoms with Crippen molar-refractivity contribution in [3.05, 3.63) is 54.6 Å². The van der Waals surface area contributed by atoms with Crippen molar-refractivity contribution in [2.24, 2.45) is 5.92 Å². The number of hydrogen-bond donors (Lipinski definition) is 3. The molecule has 2 saturated heterocycles. The average Bonchev–Trinajstić information content (AvgIpc) is 2.77. The molecule has 0 aliphatic carbocycles. The average molecular weight is 424 g/mol. The number of imide groups is 2. The van der Waals surface area contributed by atoms with E-state index in [0.717, 1.165) is 4.90 Å². The molecule has 4 amide bonds. The molecule has 9 heteroatoms. The molecule has 2 atom stereocenters. The van der Waals surface area contributed by atoms with Crippen LogP contribution in [0.15, 0.2) is 54.6 Å². The van der Waals surface area contributed by atoms with Crippen molar-refractivity contribution in [1.29, 1.82) is 0 Å². The van der Waals surface area contributed by atoms with Crippen LogP contribution in [0.25, 0.3) is 0 Å². The van der Waals surface area contributed by atoms with Crippen LogP contribution >= 0.6 is 0 Å². The number of nitrogens with zero attached hydrogens (tertiary/aromatic N) is 2. The molecular weight excluding hydrogens is 400 g/mol. The van der Waals surface area contributed by atoms with Gasteiger partial charge in [0.15, 0.2) is 0 Å². The number of aliphatic hydroxyl groups excluding tert-OH is 1. The van der Waals surface area contributed by atoms with Crippen LogP contribution in [0.3, 0.4) is 0 Å². The van der Waals surface area contributed by atoms with E-state index in [4.69, 9.17) is 4.74 Å². The third kappa shape index (κ3) is 4.43. The third-order valence-electron chi connectivity index (χ3n) is 5.45. The molecule has 0 aromatic heterocycles. The summed E-state index contributed by atoms with van der Waals surface area (Å²) in [4.78, 5) is 41.2. The summed E-state index contributed by atoms with van der Waals surface area (Å²) in [6, 6.07) is 14.5. The molecule has 4 rings (SSSR count). The molecule has 3 N–H and O–H groups in total. The largest absolute Gasteiger partial charge is 0.457 e. The fourth-order valence-electron chi connectivity index (χ4n) is 3.96. The predicted octanol–water partition coefficient (Wildman–Crippen LogP) is 0.944. The molecule has 0 bridgehead atoms. The monoisotopic (exact) mass is 424 g/mol. The van der Waals surface area contributed by atoms with Crippen molar-refractivity contribution in [2.75, 3.05) is 37.7 Å². The zero-order valence-corrected chi connectivity index (χ0v) is 16.9. The summed E-state index contributed by atoms with van der Waals surface area (Å²) in [5.41, 5.74) is 0.345. The highest BCUT2D eigenvalue weighted by Gasteiger charge is 2.47. The van der Waals surface area contributed by atoms with Gasteiger partial charge in [0.1, 0.15) is 17.4 Å². The summed E-state index contributed by atoms with van der Waals surface area (Å²) in [5.74, 6) is -1.04. The van der Waals surface area contributed by atoms with Crippen LogP contribution in [-0.2, 0) is 9.59 Å². The number of anilines is 1. The smallest absolute Gasteiger partial charge is 0.335 e. The molecule has 0 radical (unpaired) electrons. The minimum atomic E-state index is -1.06. The maximum absolute atomic E-state index is 13.3. The predicted molar refractivity (Wildman–Crippen MR) is 113 cm³/mol. The number of barbiturate groups is 1. The number of amides is 4. The lowest BCUT2D eigenvalue weighted by molar-refractivity contribution is -0.138. The van der Waals surface area contributed by atoms with E-state index in [1.165, 1.54) is 0 Å². The van der Waals surface area contributed by atoms with Crippen molar-refractivity contribution in [1.82, 2.24) is 15.5 Å². The van der Waals surface area contributed by atoms with Crippen LogP contribution in [0, 0.1) is 5.92 Å². The molecule has 0 saturated carbocycles. The van der Waals surface area contributed by atoms with E-state index in [0.29, 0.717) is 43.4 Å². The Labute approximate surface area is 179 Å². The van der Waals surface area contributed by atoms with Crippen molar-refractivity contribution in [2.45, 2.75) is 6.04 Å². The van der Waals surface area contributed by atoms with Gasteiger partial charge in [-0.15, -0.1) is 0 Å². The van der Waals surface area contributed by atoms with Crippen molar-refractivity contribution >= 4 is 23.5 Å². The minimum absolute atomic E-state index is 0.0788. The van der Waals surface area contributed by atoms with Crippen LogP contribution in [0.1, 0.15) is 0 Å². The summed E-state index contributed by atoms with van der Waals surface area (Å²) in [7, 11) is 0. The summed E-state index contributed by atoms with van der Waals surface area (Å²) in [6.45, 7) is 1.98. The molecular formula is C22H24N4O5. The highest BCUT2D eigenvalue weighted by molar-refractivity contribution is 6.28. The molecule has 9 nitrogen and oxygen atoms in total. The number of para-hydroxylation sites is 1. The Bertz CT molecular complexity index is 948. The number of hydrogen-bond acceptors (Lipinski definition) is 7. The number of urea groups is 1. The fraction of sp³-hybridized carbons (Fsp3) is 0.318. The van der Waals surface area contributed by atoms with Gasteiger partial charge in [-0.05, 0) is 36.4 Å². The number of nitrogens with one attached hydrogen (secondary N) is 2. The number of piperazine rings is 1. The normalized spacial score (nSPS) is 22.4. The number of rotatable bonds is 6. The van der Waals surface area contributed by atoms with E-state index >= 15 is 0 Å². The topological polar surface area (TPSA) is 111 Å². The number of β-amino-alcohol motifs (C(OH)–C–C–N with tert-alkyl or cyclic N) is 1. The maximum Gasteiger partial charge on any atom is 0.335 e. The SMILES string of the molecule is O=C1NC(=O)N(c2ccc(Oc3ccccc3)cc2)C(=O)C1C1CNCCN1CCO. The maximum atomic E-state index is 13.3. The van der Waals surface area contributed by atoms with Crippen molar-refractivity contribution in [3.8, 4) is 11.5 Å². The first-order valence-corrected chi connectivity index (χ1v) is 10.2. The van der Waals surface area contributed by atoms with Gasteiger partial charge in [0.05, 0.1) is 12.3 Å². The van der Waals surface area contributed by atoms with Crippen LogP contribution < -0.4 is 20.3 Å². The van der Waals surface area contributed by atoms with Crippen molar-refractivity contribution < 1.29 is 24.2 Å². The van der Waals surface area contributed by atoms with E-state index in [1.54, 1.807) is 24.3 Å². The van der Waals surface area contributed by atoms with Crippen LogP contribution in [0.4, 0.5) is 10.5 Å². The Morgan fingerprint density at radius 2 is 1.71 bits per heavy atom. The van der Waals surface area contributed by atoms with E-state index in [-0.39, 0.29) is 6.61 Å². The molecule has 162 valence electrons. The van der Waals surface area contributed by atoms with E-state index in [9.17, 15) is 19.5 Å². The zero-order chi connectivity index (χ0) is 21.8. The van der Waals surface area contributed by atoms with Gasteiger partial charge in [-0.3, -0.25) is 19.8 Å². The Kier molecular flexibility index (Phi) is 6.26. The third-order valence-corrected chi connectivity index (χ3v) is 5.45. The number of ether oxygens (including phenoxy) is 1. The summed E-state index contributed by atoms with van der Waals surface area (Å²) in [5, 5.41) is 14.8. The van der Waals surface area contributed by atoms with Gasteiger partial charge in [0.2, 0.25) is 11.8 Å². The van der Waals surface area contributed by atoms with Crippen LogP contribution in [0.2, 0.25) is 0 Å². The van der Waals surface area contributed by atoms with Crippen molar-refractivity contribution in [3.63, 3.8) is 0 Å². The first kappa shape index (κ1) is 21.0. The molecule has 2 fully saturated rings. The Balaban J connectivity index is 1.55. The first-order chi connectivity index (χ1) is 15.1. The summed E-state index contributed by atoms with van der Waals surface area (Å²) in [6.07, 6.45) is 0. The fourth-order valence-corrected chi connectivity index (χ4v) is 3.96. The highest BCUT2D eigenvalue weighted by Crippen LogP contribution is 2.28. The number of carbonyl (C=O) groups is 3. The quantitative estimate of drug-likeness (QED) is 0.592. The van der Waals surface area contributed by atoms with E-state index < -0.39 is 29.8 Å². The van der Waals surface area contributed by atoms with Gasteiger partial charge in [-0.25, -0.2) is 9.69 Å². The van der Waals surface area contributed by atoms with Gasteiger partial charge >= 0.3 is 6.03 Å². The van der Waals surface area contributed by atoms with Gasteiger partial charge in [0, 0.05) is 32.2 Å². The number of carbonyl (C=O) groups excluding carboxylic acids is 3. The molecule has 2 unspecified atom stereocenters. The molecule has 2 aromatic rings. The molecule has 2 aliphatic heterocycles. The Morgan fingerprint density at radius 3 is 2.42 bits per heavy atom. The van der Waals surface area contributed by atoms with Gasteiger partial charge in [0.25, 0.3) is 0 Å². The molecule has 2 aromatic carbocycles.